The predicted molar refractivity (Wildman–Crippen MR) is 79.1 cm³/mol. The van der Waals surface area contributed by atoms with Gasteiger partial charge in [0.15, 0.2) is 9.84 Å². The zero-order chi connectivity index (χ0) is 14.1. The van der Waals surface area contributed by atoms with Crippen LogP contribution in [0.25, 0.3) is 0 Å². The molecule has 0 spiro atoms. The average molecular weight is 353 g/mol. The molecule has 0 radical (unpaired) electrons. The molecule has 1 rings (SSSR count). The molecule has 0 aromatic heterocycles. The van der Waals surface area contributed by atoms with Gasteiger partial charge in [0.2, 0.25) is 0 Å². The highest BCUT2D eigenvalue weighted by atomic mass is 79.9. The van der Waals surface area contributed by atoms with Crippen molar-refractivity contribution in [2.45, 2.75) is 29.1 Å². The molecule has 0 bridgehead atoms. The Hall–Kier alpha value is -0.0400. The number of hydrogen-bond acceptors (Lipinski definition) is 4. The zero-order valence-corrected chi connectivity index (χ0v) is 14.0. The van der Waals surface area contributed by atoms with Crippen molar-refractivity contribution >= 4 is 37.5 Å². The molecule has 0 unspecified atom stereocenters. The summed E-state index contributed by atoms with van der Waals surface area (Å²) in [5, 5.41) is 9.39. The van der Waals surface area contributed by atoms with Crippen LogP contribution in [-0.2, 0) is 15.3 Å². The second-order valence-electron chi connectivity index (χ2n) is 4.80. The van der Waals surface area contributed by atoms with E-state index >= 15 is 0 Å². The number of rotatable bonds is 4. The van der Waals surface area contributed by atoms with Crippen LogP contribution in [0.5, 0.6) is 0 Å². The van der Waals surface area contributed by atoms with E-state index in [0.29, 0.717) is 9.79 Å². The van der Waals surface area contributed by atoms with Gasteiger partial charge in [0, 0.05) is 21.0 Å². The summed E-state index contributed by atoms with van der Waals surface area (Å²) in [5.41, 5.74) is 0.328. The molecule has 0 saturated carbocycles. The van der Waals surface area contributed by atoms with Crippen molar-refractivity contribution in [3.8, 4) is 0 Å². The Morgan fingerprint density at radius 1 is 1.39 bits per heavy atom. The molecule has 0 heterocycles. The number of sulfone groups is 1. The first-order chi connectivity index (χ1) is 8.13. The molecule has 1 N–H and O–H groups in total. The number of benzene rings is 1. The maximum atomic E-state index is 11.8. The van der Waals surface area contributed by atoms with Gasteiger partial charge >= 0.3 is 0 Å². The summed E-state index contributed by atoms with van der Waals surface area (Å²) in [6.45, 7) is 3.71. The molecule has 102 valence electrons. The van der Waals surface area contributed by atoms with Crippen LogP contribution in [0.4, 0.5) is 0 Å². The van der Waals surface area contributed by atoms with Gasteiger partial charge in [-0.05, 0) is 39.9 Å². The van der Waals surface area contributed by atoms with Gasteiger partial charge in [-0.2, -0.15) is 0 Å². The van der Waals surface area contributed by atoms with E-state index in [-0.39, 0.29) is 6.61 Å². The fourth-order valence-electron chi connectivity index (χ4n) is 1.52. The molecule has 0 saturated heterocycles. The summed E-state index contributed by atoms with van der Waals surface area (Å²) < 4.78 is 24.4. The van der Waals surface area contributed by atoms with Gasteiger partial charge in [0.05, 0.1) is 11.5 Å². The summed E-state index contributed by atoms with van der Waals surface area (Å²) >= 11 is 4.79. The third-order valence-corrected chi connectivity index (χ3v) is 5.78. The molecule has 0 aliphatic heterocycles. The average Bonchev–Trinajstić information content (AvgIpc) is 2.26. The molecule has 18 heavy (non-hydrogen) atoms. The number of thioether (sulfide) groups is 1. The maximum absolute atomic E-state index is 11.8. The number of hydrogen-bond donors (Lipinski definition) is 1. The van der Waals surface area contributed by atoms with Crippen LogP contribution in [0.2, 0.25) is 0 Å². The van der Waals surface area contributed by atoms with Crippen molar-refractivity contribution in [1.82, 2.24) is 0 Å². The van der Waals surface area contributed by atoms with Gasteiger partial charge in [-0.1, -0.05) is 13.8 Å². The lowest BCUT2D eigenvalue weighted by Crippen LogP contribution is -2.22. The predicted octanol–water partition coefficient (Wildman–Crippen LogP) is 2.84. The van der Waals surface area contributed by atoms with Crippen molar-refractivity contribution in [3.05, 3.63) is 22.2 Å². The lowest BCUT2D eigenvalue weighted by Gasteiger charge is -2.24. The summed E-state index contributed by atoms with van der Waals surface area (Å²) in [5.74, 6) is 0. The highest BCUT2D eigenvalue weighted by molar-refractivity contribution is 9.10. The smallest absolute Gasteiger partial charge is 0.176 e. The van der Waals surface area contributed by atoms with E-state index < -0.39 is 15.3 Å². The van der Waals surface area contributed by atoms with Gasteiger partial charge in [0.25, 0.3) is 0 Å². The van der Waals surface area contributed by atoms with E-state index in [2.05, 4.69) is 15.9 Å². The zero-order valence-electron chi connectivity index (χ0n) is 10.8. The van der Waals surface area contributed by atoms with E-state index in [1.165, 1.54) is 18.0 Å². The van der Waals surface area contributed by atoms with Crippen LogP contribution in [0.1, 0.15) is 19.4 Å². The van der Waals surface area contributed by atoms with Gasteiger partial charge in [-0.15, -0.1) is 11.8 Å². The molecule has 0 amide bonds. The SMILES string of the molecule is CSc1c(Br)cc(C(C)(C)CO)cc1S(C)(=O)=O. The van der Waals surface area contributed by atoms with Crippen LogP contribution in [0.15, 0.2) is 26.4 Å². The Morgan fingerprint density at radius 2 is 1.94 bits per heavy atom. The van der Waals surface area contributed by atoms with E-state index in [1.807, 2.05) is 26.2 Å². The molecule has 0 atom stereocenters. The first-order valence-corrected chi connectivity index (χ1v) is 9.23. The molecule has 1 aromatic carbocycles. The number of halogens is 1. The van der Waals surface area contributed by atoms with Crippen LogP contribution >= 0.6 is 27.7 Å². The Morgan fingerprint density at radius 3 is 2.33 bits per heavy atom. The normalized spacial score (nSPS) is 12.8. The van der Waals surface area contributed by atoms with E-state index in [4.69, 9.17) is 0 Å². The van der Waals surface area contributed by atoms with Crippen molar-refractivity contribution in [1.29, 1.82) is 0 Å². The minimum absolute atomic E-state index is 0.0404. The topological polar surface area (TPSA) is 54.4 Å². The quantitative estimate of drug-likeness (QED) is 0.846. The number of aliphatic hydroxyl groups is 1. The Labute approximate surface area is 121 Å². The number of aliphatic hydroxyl groups excluding tert-OH is 1. The van der Waals surface area contributed by atoms with Crippen molar-refractivity contribution in [2.75, 3.05) is 19.1 Å². The Bertz CT molecular complexity index is 551. The van der Waals surface area contributed by atoms with Gasteiger partial charge in [-0.25, -0.2) is 8.42 Å². The molecule has 3 nitrogen and oxygen atoms in total. The van der Waals surface area contributed by atoms with Crippen LogP contribution < -0.4 is 0 Å². The summed E-state index contributed by atoms with van der Waals surface area (Å²) in [7, 11) is -3.29. The van der Waals surface area contributed by atoms with Crippen molar-refractivity contribution < 1.29 is 13.5 Å². The fourth-order valence-corrected chi connectivity index (χ4v) is 4.61. The maximum Gasteiger partial charge on any atom is 0.176 e. The lowest BCUT2D eigenvalue weighted by atomic mass is 9.86. The third kappa shape index (κ3) is 3.29. The van der Waals surface area contributed by atoms with Crippen LogP contribution in [-0.4, -0.2) is 32.6 Å². The van der Waals surface area contributed by atoms with E-state index in [0.717, 1.165) is 10.0 Å². The molecule has 1 aromatic rings. The van der Waals surface area contributed by atoms with Gasteiger partial charge in [0.1, 0.15) is 0 Å². The molecular formula is C12H17BrO3S2. The minimum Gasteiger partial charge on any atom is -0.395 e. The first kappa shape index (κ1) is 16.0. The third-order valence-electron chi connectivity index (χ3n) is 2.79. The Kier molecular flexibility index (Phi) is 4.92. The second kappa shape index (κ2) is 5.53. The molecule has 0 aliphatic carbocycles. The monoisotopic (exact) mass is 352 g/mol. The minimum atomic E-state index is -3.29. The van der Waals surface area contributed by atoms with Crippen molar-refractivity contribution in [3.63, 3.8) is 0 Å². The molecule has 6 heteroatoms. The standard InChI is InChI=1S/C12H17BrO3S2/c1-12(2,7-14)8-5-9(13)11(17-3)10(6-8)18(4,15)16/h5-6,14H,7H2,1-4H3. The largest absolute Gasteiger partial charge is 0.395 e. The van der Waals surface area contributed by atoms with Crippen LogP contribution in [0.3, 0.4) is 0 Å². The van der Waals surface area contributed by atoms with E-state index in [1.54, 1.807) is 6.07 Å². The van der Waals surface area contributed by atoms with Gasteiger partial charge < -0.3 is 5.11 Å². The van der Waals surface area contributed by atoms with E-state index in [9.17, 15) is 13.5 Å². The van der Waals surface area contributed by atoms with Gasteiger partial charge in [-0.3, -0.25) is 0 Å². The van der Waals surface area contributed by atoms with Crippen LogP contribution in [0, 0.1) is 0 Å². The fraction of sp³-hybridized carbons (Fsp3) is 0.500. The first-order valence-electron chi connectivity index (χ1n) is 5.32. The molecular weight excluding hydrogens is 336 g/mol. The summed E-state index contributed by atoms with van der Waals surface area (Å²) in [6, 6.07) is 3.53. The Balaban J connectivity index is 3.60. The molecule has 0 aliphatic rings. The highest BCUT2D eigenvalue weighted by Gasteiger charge is 2.24. The lowest BCUT2D eigenvalue weighted by molar-refractivity contribution is 0.218. The summed E-state index contributed by atoms with van der Waals surface area (Å²) in [6.07, 6.45) is 3.04. The second-order valence-corrected chi connectivity index (χ2v) is 8.46. The molecule has 0 fully saturated rings. The summed E-state index contributed by atoms with van der Waals surface area (Å²) in [4.78, 5) is 1.01. The highest BCUT2D eigenvalue weighted by Crippen LogP contribution is 2.37. The van der Waals surface area contributed by atoms with Crippen molar-refractivity contribution in [2.24, 2.45) is 0 Å².